The second-order valence-corrected chi connectivity index (χ2v) is 4.88. The maximum Gasteiger partial charge on any atom is 0.244 e. The van der Waals surface area contributed by atoms with E-state index in [2.05, 4.69) is 15.3 Å². The summed E-state index contributed by atoms with van der Waals surface area (Å²) in [4.78, 5) is 22.4. The van der Waals surface area contributed by atoms with Crippen molar-refractivity contribution in [3.63, 3.8) is 0 Å². The lowest BCUT2D eigenvalue weighted by Gasteiger charge is -2.20. The number of hydrogen-bond acceptors (Lipinski definition) is 4. The number of aromatic nitrogens is 2. The van der Waals surface area contributed by atoms with E-state index in [-0.39, 0.29) is 12.5 Å². The molecule has 110 valence electrons. The second kappa shape index (κ2) is 6.83. The van der Waals surface area contributed by atoms with Crippen molar-refractivity contribution in [1.29, 1.82) is 0 Å². The summed E-state index contributed by atoms with van der Waals surface area (Å²) in [5.41, 5.74) is 3.00. The van der Waals surface area contributed by atoms with Gasteiger partial charge in [-0.05, 0) is 38.0 Å². The van der Waals surface area contributed by atoms with Crippen molar-refractivity contribution in [3.05, 3.63) is 47.8 Å². The molecule has 0 saturated carbocycles. The molecule has 1 aromatic heterocycles. The minimum Gasteiger partial charge on any atom is -0.332 e. The van der Waals surface area contributed by atoms with Gasteiger partial charge in [0.15, 0.2) is 0 Å². The fourth-order valence-electron chi connectivity index (χ4n) is 2.14. The molecule has 0 radical (unpaired) electrons. The summed E-state index contributed by atoms with van der Waals surface area (Å²) in [6.45, 7) is 6.85. The highest BCUT2D eigenvalue weighted by Gasteiger charge is 2.13. The van der Waals surface area contributed by atoms with E-state index in [0.29, 0.717) is 12.5 Å². The van der Waals surface area contributed by atoms with Crippen LogP contribution in [0.25, 0.3) is 0 Å². The van der Waals surface area contributed by atoms with Gasteiger partial charge in [-0.2, -0.15) is 0 Å². The number of hydrogen-bond donors (Lipinski definition) is 1. The Morgan fingerprint density at radius 1 is 1.14 bits per heavy atom. The van der Waals surface area contributed by atoms with E-state index in [4.69, 9.17) is 0 Å². The zero-order valence-electron chi connectivity index (χ0n) is 12.6. The first-order chi connectivity index (χ1) is 10.1. The lowest BCUT2D eigenvalue weighted by atomic mass is 10.1. The molecule has 1 N–H and O–H groups in total. The Morgan fingerprint density at radius 3 is 2.33 bits per heavy atom. The van der Waals surface area contributed by atoms with Gasteiger partial charge in [0.1, 0.15) is 6.54 Å². The van der Waals surface area contributed by atoms with Crippen LogP contribution in [0.5, 0.6) is 0 Å². The van der Waals surface area contributed by atoms with Crippen LogP contribution >= 0.6 is 0 Å². The molecule has 5 nitrogen and oxygen atoms in total. The minimum atomic E-state index is -0.0679. The van der Waals surface area contributed by atoms with Crippen LogP contribution in [0, 0.1) is 13.8 Å². The predicted octanol–water partition coefficient (Wildman–Crippen LogP) is 2.56. The molecular weight excluding hydrogens is 264 g/mol. The molecule has 0 aliphatic rings. The molecule has 1 amide bonds. The van der Waals surface area contributed by atoms with Gasteiger partial charge < -0.3 is 10.2 Å². The number of carbonyl (C=O) groups excluding carboxylic acids is 1. The summed E-state index contributed by atoms with van der Waals surface area (Å²) in [5.74, 6) is 0.498. The highest BCUT2D eigenvalue weighted by atomic mass is 16.2. The summed E-state index contributed by atoms with van der Waals surface area (Å²) in [7, 11) is 0. The first kappa shape index (κ1) is 15.0. The lowest BCUT2D eigenvalue weighted by molar-refractivity contribution is -0.115. The molecule has 0 fully saturated rings. The van der Waals surface area contributed by atoms with Gasteiger partial charge in [-0.1, -0.05) is 18.2 Å². The molecule has 2 aromatic rings. The van der Waals surface area contributed by atoms with Crippen molar-refractivity contribution in [1.82, 2.24) is 9.97 Å². The normalized spacial score (nSPS) is 10.2. The summed E-state index contributed by atoms with van der Waals surface area (Å²) < 4.78 is 0. The van der Waals surface area contributed by atoms with Gasteiger partial charge in [0, 0.05) is 24.6 Å². The molecule has 1 aromatic carbocycles. The Kier molecular flexibility index (Phi) is 4.87. The van der Waals surface area contributed by atoms with Crippen LogP contribution in [-0.4, -0.2) is 29.0 Å². The number of benzene rings is 1. The van der Waals surface area contributed by atoms with Crippen LogP contribution in [0.1, 0.15) is 18.1 Å². The van der Waals surface area contributed by atoms with Crippen LogP contribution in [0.3, 0.4) is 0 Å². The molecule has 0 spiro atoms. The number of amides is 1. The number of rotatable bonds is 5. The highest BCUT2D eigenvalue weighted by Crippen LogP contribution is 2.19. The van der Waals surface area contributed by atoms with Crippen molar-refractivity contribution in [2.24, 2.45) is 0 Å². The predicted molar refractivity (Wildman–Crippen MR) is 84.5 cm³/mol. The topological polar surface area (TPSA) is 58.1 Å². The molecule has 2 rings (SSSR count). The standard InChI is InChI=1S/C16H20N4O/c1-4-20(16-17-9-6-10-18-16)11-14(21)19-15-12(2)7-5-8-13(15)3/h5-10H,4,11H2,1-3H3,(H,19,21). The number of likely N-dealkylation sites (N-methyl/N-ethyl adjacent to an activating group) is 1. The van der Waals surface area contributed by atoms with E-state index < -0.39 is 0 Å². The highest BCUT2D eigenvalue weighted by molar-refractivity contribution is 5.95. The van der Waals surface area contributed by atoms with Crippen molar-refractivity contribution in [2.45, 2.75) is 20.8 Å². The van der Waals surface area contributed by atoms with E-state index in [9.17, 15) is 4.79 Å². The molecule has 0 saturated heterocycles. The van der Waals surface area contributed by atoms with E-state index in [1.807, 2.05) is 43.9 Å². The molecular formula is C16H20N4O. The number of anilines is 2. The summed E-state index contributed by atoms with van der Waals surface area (Å²) in [6.07, 6.45) is 3.35. The van der Waals surface area contributed by atoms with Crippen LogP contribution in [0.4, 0.5) is 11.6 Å². The van der Waals surface area contributed by atoms with Gasteiger partial charge in [0.2, 0.25) is 11.9 Å². The quantitative estimate of drug-likeness (QED) is 0.916. The third kappa shape index (κ3) is 3.78. The molecule has 21 heavy (non-hydrogen) atoms. The molecule has 5 heteroatoms. The van der Waals surface area contributed by atoms with E-state index >= 15 is 0 Å². The van der Waals surface area contributed by atoms with Gasteiger partial charge in [-0.15, -0.1) is 0 Å². The Bertz CT molecular complexity index is 593. The van der Waals surface area contributed by atoms with Gasteiger partial charge in [-0.3, -0.25) is 4.79 Å². The second-order valence-electron chi connectivity index (χ2n) is 4.88. The van der Waals surface area contributed by atoms with E-state index in [1.165, 1.54) is 0 Å². The molecule has 0 atom stereocenters. The van der Waals surface area contributed by atoms with Crippen LogP contribution in [0.2, 0.25) is 0 Å². The van der Waals surface area contributed by atoms with Crippen molar-refractivity contribution < 1.29 is 4.79 Å². The maximum absolute atomic E-state index is 12.3. The summed E-state index contributed by atoms with van der Waals surface area (Å²) >= 11 is 0. The smallest absolute Gasteiger partial charge is 0.244 e. The fraction of sp³-hybridized carbons (Fsp3) is 0.312. The summed E-state index contributed by atoms with van der Waals surface area (Å²) in [5, 5.41) is 2.98. The van der Waals surface area contributed by atoms with Crippen LogP contribution in [-0.2, 0) is 4.79 Å². The Labute approximate surface area is 125 Å². The molecule has 0 unspecified atom stereocenters. The van der Waals surface area contributed by atoms with Gasteiger partial charge in [0.05, 0.1) is 0 Å². The fourth-order valence-corrected chi connectivity index (χ4v) is 2.14. The Balaban J connectivity index is 2.07. The van der Waals surface area contributed by atoms with E-state index in [0.717, 1.165) is 16.8 Å². The van der Waals surface area contributed by atoms with Crippen LogP contribution in [0.15, 0.2) is 36.7 Å². The SMILES string of the molecule is CCN(CC(=O)Nc1c(C)cccc1C)c1ncccn1. The third-order valence-electron chi connectivity index (χ3n) is 3.30. The summed E-state index contributed by atoms with van der Waals surface area (Å²) in [6, 6.07) is 7.71. The monoisotopic (exact) mass is 284 g/mol. The first-order valence-electron chi connectivity index (χ1n) is 7.00. The lowest BCUT2D eigenvalue weighted by Crippen LogP contribution is -2.34. The maximum atomic E-state index is 12.3. The largest absolute Gasteiger partial charge is 0.332 e. The number of para-hydroxylation sites is 1. The van der Waals surface area contributed by atoms with Gasteiger partial charge in [0.25, 0.3) is 0 Å². The van der Waals surface area contributed by atoms with Gasteiger partial charge in [-0.25, -0.2) is 9.97 Å². The average Bonchev–Trinajstić information content (AvgIpc) is 2.49. The number of aryl methyl sites for hydroxylation is 2. The number of nitrogens with zero attached hydrogens (tertiary/aromatic N) is 3. The van der Waals surface area contributed by atoms with E-state index in [1.54, 1.807) is 18.5 Å². The first-order valence-corrected chi connectivity index (χ1v) is 7.00. The Morgan fingerprint density at radius 2 is 1.76 bits per heavy atom. The zero-order chi connectivity index (χ0) is 15.2. The average molecular weight is 284 g/mol. The molecule has 0 bridgehead atoms. The number of carbonyl (C=O) groups is 1. The third-order valence-corrected chi connectivity index (χ3v) is 3.30. The zero-order valence-corrected chi connectivity index (χ0v) is 12.6. The molecule has 1 heterocycles. The Hall–Kier alpha value is -2.43. The van der Waals surface area contributed by atoms with Gasteiger partial charge >= 0.3 is 0 Å². The molecule has 0 aliphatic heterocycles. The minimum absolute atomic E-state index is 0.0679. The van der Waals surface area contributed by atoms with Crippen molar-refractivity contribution >= 4 is 17.5 Å². The van der Waals surface area contributed by atoms with Crippen LogP contribution < -0.4 is 10.2 Å². The number of nitrogens with one attached hydrogen (secondary N) is 1. The van der Waals surface area contributed by atoms with Crippen molar-refractivity contribution in [2.75, 3.05) is 23.3 Å². The molecule has 0 aliphatic carbocycles. The van der Waals surface area contributed by atoms with Crippen molar-refractivity contribution in [3.8, 4) is 0 Å².